The van der Waals surface area contributed by atoms with Gasteiger partial charge >= 0.3 is 0 Å². The van der Waals surface area contributed by atoms with Gasteiger partial charge in [-0.3, -0.25) is 9.78 Å². The second-order valence-corrected chi connectivity index (χ2v) is 9.36. The van der Waals surface area contributed by atoms with E-state index in [1.54, 1.807) is 24.3 Å². The number of Topliss-reactive ketones (excluding diaryl/α,β-unsaturated/α-hetero) is 1. The number of nitrogens with zero attached hydrogens (tertiary/aromatic N) is 3. The fourth-order valence-corrected chi connectivity index (χ4v) is 4.06. The summed E-state index contributed by atoms with van der Waals surface area (Å²) in [6, 6.07) is 14.7. The van der Waals surface area contributed by atoms with Gasteiger partial charge < -0.3 is 19.5 Å². The maximum Gasteiger partial charge on any atom is 0.229 e. The fraction of sp³-hybridized carbons (Fsp3) is 0.233. The Balaban J connectivity index is 1.48. The summed E-state index contributed by atoms with van der Waals surface area (Å²) in [5.41, 5.74) is 1.60. The highest BCUT2D eigenvalue weighted by Gasteiger charge is 2.15. The van der Waals surface area contributed by atoms with Crippen LogP contribution in [0.4, 0.5) is 14.5 Å². The molecule has 1 aromatic heterocycles. The van der Waals surface area contributed by atoms with Crippen LogP contribution in [0, 0.1) is 18.2 Å². The lowest BCUT2D eigenvalue weighted by Gasteiger charge is -2.17. The van der Waals surface area contributed by atoms with Crippen molar-refractivity contribution in [1.29, 1.82) is 0 Å². The highest BCUT2D eigenvalue weighted by atomic mass is 19.1. The summed E-state index contributed by atoms with van der Waals surface area (Å²) in [7, 11) is 3.68. The molecule has 0 spiro atoms. The highest BCUT2D eigenvalue weighted by molar-refractivity contribution is 5.91. The molecule has 200 valence electrons. The zero-order valence-corrected chi connectivity index (χ0v) is 21.5. The van der Waals surface area contributed by atoms with E-state index in [4.69, 9.17) is 16.0 Å². The molecule has 1 N–H and O–H groups in total. The number of benzene rings is 3. The Morgan fingerprint density at radius 2 is 1.82 bits per heavy atom. The maximum absolute atomic E-state index is 14.8. The molecule has 4 aromatic rings. The van der Waals surface area contributed by atoms with Crippen molar-refractivity contribution in [3.8, 4) is 17.2 Å². The number of rotatable bonds is 11. The van der Waals surface area contributed by atoms with Crippen LogP contribution in [-0.4, -0.2) is 54.1 Å². The zero-order chi connectivity index (χ0) is 27.9. The van der Waals surface area contributed by atoms with Crippen molar-refractivity contribution in [2.75, 3.05) is 27.2 Å². The van der Waals surface area contributed by atoms with E-state index in [9.17, 15) is 18.7 Å². The molecule has 0 bridgehead atoms. The van der Waals surface area contributed by atoms with Gasteiger partial charge in [-0.2, -0.15) is 0 Å². The first kappa shape index (κ1) is 27.6. The number of carbonyl (C=O) groups is 1. The minimum Gasteiger partial charge on any atom is -0.502 e. The van der Waals surface area contributed by atoms with Gasteiger partial charge in [0.25, 0.3) is 0 Å². The number of ketones is 1. The van der Waals surface area contributed by atoms with Crippen molar-refractivity contribution in [2.45, 2.75) is 18.9 Å². The number of halogens is 2. The minimum absolute atomic E-state index is 0.0143. The number of pyridine rings is 1. The zero-order valence-electron chi connectivity index (χ0n) is 21.5. The topological polar surface area (TPSA) is 76.2 Å². The van der Waals surface area contributed by atoms with Crippen LogP contribution >= 0.6 is 0 Å². The molecule has 0 radical (unpaired) electrons. The average molecular weight is 532 g/mol. The van der Waals surface area contributed by atoms with E-state index in [0.717, 1.165) is 0 Å². The first-order valence-electron chi connectivity index (χ1n) is 12.2. The van der Waals surface area contributed by atoms with E-state index in [1.807, 2.05) is 19.0 Å². The predicted octanol–water partition coefficient (Wildman–Crippen LogP) is 5.51. The van der Waals surface area contributed by atoms with Crippen LogP contribution < -0.4 is 9.47 Å². The maximum atomic E-state index is 14.8. The van der Waals surface area contributed by atoms with Crippen molar-refractivity contribution in [1.82, 2.24) is 9.88 Å². The number of aromatic nitrogens is 1. The molecule has 0 fully saturated rings. The van der Waals surface area contributed by atoms with E-state index in [0.29, 0.717) is 34.5 Å². The second kappa shape index (κ2) is 12.4. The van der Waals surface area contributed by atoms with Gasteiger partial charge in [-0.15, -0.1) is 0 Å². The largest absolute Gasteiger partial charge is 0.502 e. The third kappa shape index (κ3) is 7.35. The van der Waals surface area contributed by atoms with E-state index in [-0.39, 0.29) is 48.0 Å². The van der Waals surface area contributed by atoms with Crippen LogP contribution in [0.5, 0.6) is 17.2 Å². The van der Waals surface area contributed by atoms with Gasteiger partial charge in [0.05, 0.1) is 12.1 Å². The van der Waals surface area contributed by atoms with Crippen molar-refractivity contribution >= 4 is 22.4 Å². The smallest absolute Gasteiger partial charge is 0.229 e. The number of hydrogen-bond acceptors (Lipinski definition) is 6. The fourth-order valence-electron chi connectivity index (χ4n) is 4.06. The molecule has 39 heavy (non-hydrogen) atoms. The number of aliphatic hydroxyl groups excluding tert-OH is 1. The van der Waals surface area contributed by atoms with Crippen molar-refractivity contribution in [3.05, 3.63) is 101 Å². The van der Waals surface area contributed by atoms with Crippen LogP contribution in [-0.2, 0) is 17.6 Å². The van der Waals surface area contributed by atoms with Gasteiger partial charge in [0.15, 0.2) is 0 Å². The van der Waals surface area contributed by atoms with E-state index in [2.05, 4.69) is 9.83 Å². The van der Waals surface area contributed by atoms with Crippen LogP contribution in [0.2, 0.25) is 0 Å². The summed E-state index contributed by atoms with van der Waals surface area (Å²) in [6.07, 6.45) is 0.763. The second-order valence-electron chi connectivity index (χ2n) is 9.36. The number of hydrogen-bond donors (Lipinski definition) is 1. The molecule has 4 rings (SSSR count). The predicted molar refractivity (Wildman–Crippen MR) is 143 cm³/mol. The third-order valence-electron chi connectivity index (χ3n) is 5.86. The van der Waals surface area contributed by atoms with Gasteiger partial charge in [-0.05, 0) is 61.6 Å². The molecule has 0 aliphatic rings. The molecule has 9 heteroatoms. The Kier molecular flexibility index (Phi) is 8.81. The lowest BCUT2D eigenvalue weighted by molar-refractivity contribution is -0.117. The first-order valence-corrected chi connectivity index (χ1v) is 12.2. The number of likely N-dealkylation sites (N-methyl/N-ethyl adjacent to an activating group) is 1. The third-order valence-corrected chi connectivity index (χ3v) is 5.86. The van der Waals surface area contributed by atoms with Crippen LogP contribution in [0.25, 0.3) is 15.7 Å². The molecule has 1 atom stereocenters. The van der Waals surface area contributed by atoms with Crippen LogP contribution in [0.3, 0.4) is 0 Å². The molecule has 0 aliphatic heterocycles. The van der Waals surface area contributed by atoms with Gasteiger partial charge in [0.1, 0.15) is 47.4 Å². The Hall–Kier alpha value is -4.39. The van der Waals surface area contributed by atoms with E-state index >= 15 is 0 Å². The first-order chi connectivity index (χ1) is 18.7. The molecule has 3 aromatic carbocycles. The van der Waals surface area contributed by atoms with Crippen molar-refractivity contribution < 1.29 is 28.2 Å². The molecular formula is C30H27F2N3O4. The van der Waals surface area contributed by atoms with Gasteiger partial charge in [-0.1, -0.05) is 18.2 Å². The molecule has 7 nitrogen and oxygen atoms in total. The highest BCUT2D eigenvalue weighted by Crippen LogP contribution is 2.37. The van der Waals surface area contributed by atoms with Crippen LogP contribution in [0.1, 0.15) is 11.1 Å². The van der Waals surface area contributed by atoms with Crippen molar-refractivity contribution in [2.24, 2.45) is 0 Å². The SMILES string of the molecule is [C-]#[N+]c1cc2c(Oc3ccc(CC(=O)Cc4ccc(F)cc4)c(F)c3)ccnc2cc1OC[C@H](O)CN(C)C. The van der Waals surface area contributed by atoms with Crippen LogP contribution in [0.15, 0.2) is 66.9 Å². The Labute approximate surface area is 225 Å². The molecule has 0 unspecified atom stereocenters. The molecule has 0 saturated heterocycles. The summed E-state index contributed by atoms with van der Waals surface area (Å²) >= 11 is 0. The van der Waals surface area contributed by atoms with Crippen molar-refractivity contribution in [3.63, 3.8) is 0 Å². The Morgan fingerprint density at radius 3 is 2.51 bits per heavy atom. The molecule has 1 heterocycles. The quantitative estimate of drug-likeness (QED) is 0.257. The van der Waals surface area contributed by atoms with E-state index < -0.39 is 11.9 Å². The lowest BCUT2D eigenvalue weighted by Crippen LogP contribution is -2.30. The normalized spacial score (nSPS) is 11.8. The molecule has 0 saturated carbocycles. The number of aliphatic hydroxyl groups is 1. The lowest BCUT2D eigenvalue weighted by atomic mass is 10.0. The summed E-state index contributed by atoms with van der Waals surface area (Å²) < 4.78 is 39.5. The number of fused-ring (bicyclic) bond motifs is 1. The van der Waals surface area contributed by atoms with Gasteiger partial charge in [0, 0.05) is 37.0 Å². The van der Waals surface area contributed by atoms with Gasteiger partial charge in [-0.25, -0.2) is 13.6 Å². The Bertz CT molecular complexity index is 1520. The minimum atomic E-state index is -0.729. The number of carbonyl (C=O) groups excluding carboxylic acids is 1. The molecule has 0 aliphatic carbocycles. The number of ether oxygens (including phenoxy) is 2. The monoisotopic (exact) mass is 531 g/mol. The summed E-state index contributed by atoms with van der Waals surface area (Å²) in [5, 5.41) is 10.6. The average Bonchev–Trinajstić information content (AvgIpc) is 2.89. The van der Waals surface area contributed by atoms with Gasteiger partial charge in [0.2, 0.25) is 5.69 Å². The molecular weight excluding hydrogens is 504 g/mol. The summed E-state index contributed by atoms with van der Waals surface area (Å²) in [5.74, 6) is -0.305. The summed E-state index contributed by atoms with van der Waals surface area (Å²) in [4.78, 5) is 22.1. The Morgan fingerprint density at radius 1 is 1.05 bits per heavy atom. The molecule has 0 amide bonds. The standard InChI is InChI=1S/C30H27F2N3O4/c1-33-28-15-25-27(16-30(28)38-18-23(37)17-35(2)3)34-11-10-29(25)39-24-9-6-20(26(32)14-24)13-22(36)12-19-4-7-21(31)8-5-19/h4-11,14-16,23,37H,12-13,17-18H2,2-3H3/t23-/m1/s1. The van der Waals surface area contributed by atoms with E-state index in [1.165, 1.54) is 42.6 Å². The summed E-state index contributed by atoms with van der Waals surface area (Å²) in [6.45, 7) is 7.98.